The van der Waals surface area contributed by atoms with Gasteiger partial charge in [0.05, 0.1) is 11.8 Å². The van der Waals surface area contributed by atoms with Gasteiger partial charge in [0.1, 0.15) is 18.1 Å². The molecule has 1 atom stereocenters. The van der Waals surface area contributed by atoms with Crippen molar-refractivity contribution in [2.75, 3.05) is 6.61 Å². The second kappa shape index (κ2) is 6.96. The molecule has 1 unspecified atom stereocenters. The van der Waals surface area contributed by atoms with Crippen molar-refractivity contribution in [2.24, 2.45) is 0 Å². The maximum absolute atomic E-state index is 11.8. The molecule has 0 aliphatic carbocycles. The molecule has 0 bridgehead atoms. The van der Waals surface area contributed by atoms with Gasteiger partial charge < -0.3 is 14.8 Å². The lowest BCUT2D eigenvalue weighted by molar-refractivity contribution is 0.0541. The molecule has 1 heterocycles. The molecule has 0 spiro atoms. The molecule has 5 heteroatoms. The lowest BCUT2D eigenvalue weighted by atomic mass is 10.2. The van der Waals surface area contributed by atoms with Crippen LogP contribution in [0.2, 0.25) is 0 Å². The number of aromatic amines is 1. The summed E-state index contributed by atoms with van der Waals surface area (Å²) in [4.78, 5) is 19.1. The zero-order chi connectivity index (χ0) is 13.5. The first kappa shape index (κ1) is 14.4. The summed E-state index contributed by atoms with van der Waals surface area (Å²) in [7, 11) is 0. The van der Waals surface area contributed by atoms with E-state index >= 15 is 0 Å². The first-order valence-corrected chi connectivity index (χ1v) is 6.12. The predicted molar refractivity (Wildman–Crippen MR) is 68.4 cm³/mol. The fourth-order valence-corrected chi connectivity index (χ4v) is 1.62. The molecule has 0 amide bonds. The number of hydrogen-bond acceptors (Lipinski definition) is 4. The molecule has 0 saturated carbocycles. The van der Waals surface area contributed by atoms with Gasteiger partial charge in [0.15, 0.2) is 0 Å². The van der Waals surface area contributed by atoms with Crippen molar-refractivity contribution in [3.8, 4) is 0 Å². The Hall–Kier alpha value is -1.62. The van der Waals surface area contributed by atoms with Gasteiger partial charge in [0, 0.05) is 12.8 Å². The van der Waals surface area contributed by atoms with E-state index in [4.69, 9.17) is 4.74 Å². The summed E-state index contributed by atoms with van der Waals surface area (Å²) in [6.07, 6.45) is 2.99. The SMILES string of the molecule is C=CCOC(=O)c1[nH]c(CCC)nc1CC(C)O. The van der Waals surface area contributed by atoms with Crippen LogP contribution in [0.5, 0.6) is 0 Å². The number of H-pyrrole nitrogens is 1. The Morgan fingerprint density at radius 3 is 2.94 bits per heavy atom. The first-order valence-electron chi connectivity index (χ1n) is 6.12. The summed E-state index contributed by atoms with van der Waals surface area (Å²) in [5.74, 6) is 0.291. The van der Waals surface area contributed by atoms with Crippen LogP contribution in [0.25, 0.3) is 0 Å². The third-order valence-electron chi connectivity index (χ3n) is 2.34. The van der Waals surface area contributed by atoms with Crippen molar-refractivity contribution in [1.82, 2.24) is 9.97 Å². The van der Waals surface area contributed by atoms with E-state index in [1.807, 2.05) is 6.92 Å². The van der Waals surface area contributed by atoms with Gasteiger partial charge in [-0.1, -0.05) is 19.6 Å². The van der Waals surface area contributed by atoms with Crippen LogP contribution in [0.1, 0.15) is 42.3 Å². The third kappa shape index (κ3) is 4.00. The van der Waals surface area contributed by atoms with E-state index in [9.17, 15) is 9.90 Å². The minimum atomic E-state index is -0.547. The van der Waals surface area contributed by atoms with Gasteiger partial charge in [0.25, 0.3) is 0 Å². The molecule has 0 aliphatic rings. The monoisotopic (exact) mass is 252 g/mol. The Morgan fingerprint density at radius 2 is 2.39 bits per heavy atom. The van der Waals surface area contributed by atoms with Crippen LogP contribution in [-0.4, -0.2) is 33.8 Å². The van der Waals surface area contributed by atoms with E-state index in [0.29, 0.717) is 17.8 Å². The number of aromatic nitrogens is 2. The summed E-state index contributed by atoms with van der Waals surface area (Å²) in [6.45, 7) is 7.34. The number of nitrogens with one attached hydrogen (secondary N) is 1. The highest BCUT2D eigenvalue weighted by Crippen LogP contribution is 2.12. The van der Waals surface area contributed by atoms with Crippen LogP contribution in [0, 0.1) is 0 Å². The number of carbonyl (C=O) groups is 1. The molecule has 0 aromatic carbocycles. The number of aliphatic hydroxyl groups excluding tert-OH is 1. The Bertz CT molecular complexity index is 410. The van der Waals surface area contributed by atoms with Crippen LogP contribution in [-0.2, 0) is 17.6 Å². The molecule has 1 aromatic rings. The molecule has 0 saturated heterocycles. The van der Waals surface area contributed by atoms with Crippen molar-refractivity contribution >= 4 is 5.97 Å². The standard InChI is InChI=1S/C13H20N2O3/c1-4-6-11-14-10(8-9(3)16)12(15-11)13(17)18-7-5-2/h5,9,16H,2,4,6-8H2,1,3H3,(H,14,15). The highest BCUT2D eigenvalue weighted by atomic mass is 16.5. The molecule has 2 N–H and O–H groups in total. The Balaban J connectivity index is 2.91. The highest BCUT2D eigenvalue weighted by molar-refractivity contribution is 5.88. The van der Waals surface area contributed by atoms with Crippen molar-refractivity contribution in [3.05, 3.63) is 29.9 Å². The number of carbonyl (C=O) groups excluding carboxylic acids is 1. The minimum absolute atomic E-state index is 0.162. The van der Waals surface area contributed by atoms with Gasteiger partial charge in [-0.3, -0.25) is 0 Å². The summed E-state index contributed by atoms with van der Waals surface area (Å²) in [5.41, 5.74) is 0.892. The normalized spacial score (nSPS) is 12.2. The maximum Gasteiger partial charge on any atom is 0.357 e. The maximum atomic E-state index is 11.8. The average Bonchev–Trinajstić information content (AvgIpc) is 2.68. The van der Waals surface area contributed by atoms with E-state index in [0.717, 1.165) is 18.7 Å². The van der Waals surface area contributed by atoms with Crippen molar-refractivity contribution < 1.29 is 14.6 Å². The smallest absolute Gasteiger partial charge is 0.357 e. The van der Waals surface area contributed by atoms with Crippen LogP contribution in [0.4, 0.5) is 0 Å². The summed E-state index contributed by atoms with van der Waals surface area (Å²) >= 11 is 0. The van der Waals surface area contributed by atoms with Gasteiger partial charge in [-0.05, 0) is 13.3 Å². The third-order valence-corrected chi connectivity index (χ3v) is 2.34. The zero-order valence-electron chi connectivity index (χ0n) is 10.9. The minimum Gasteiger partial charge on any atom is -0.457 e. The topological polar surface area (TPSA) is 75.2 Å². The van der Waals surface area contributed by atoms with Crippen molar-refractivity contribution in [3.63, 3.8) is 0 Å². The second-order valence-electron chi connectivity index (χ2n) is 4.20. The van der Waals surface area contributed by atoms with Gasteiger partial charge in [-0.25, -0.2) is 9.78 Å². The fraction of sp³-hybridized carbons (Fsp3) is 0.538. The number of rotatable bonds is 7. The zero-order valence-corrected chi connectivity index (χ0v) is 10.9. The summed E-state index contributed by atoms with van der Waals surface area (Å²) in [5, 5.41) is 9.41. The van der Waals surface area contributed by atoms with Crippen LogP contribution >= 0.6 is 0 Å². The summed E-state index contributed by atoms with van der Waals surface area (Å²) in [6, 6.07) is 0. The van der Waals surface area contributed by atoms with Crippen LogP contribution < -0.4 is 0 Å². The molecular formula is C13H20N2O3. The number of hydrogen-bond donors (Lipinski definition) is 2. The van der Waals surface area contributed by atoms with E-state index in [1.165, 1.54) is 6.08 Å². The molecule has 0 radical (unpaired) electrons. The molecule has 5 nitrogen and oxygen atoms in total. The molecule has 1 rings (SSSR count). The van der Waals surface area contributed by atoms with Crippen molar-refractivity contribution in [2.45, 2.75) is 39.2 Å². The van der Waals surface area contributed by atoms with Gasteiger partial charge in [0.2, 0.25) is 0 Å². The molecule has 0 fully saturated rings. The Kier molecular flexibility index (Phi) is 5.58. The van der Waals surface area contributed by atoms with Crippen LogP contribution in [0.3, 0.4) is 0 Å². The fourth-order valence-electron chi connectivity index (χ4n) is 1.62. The van der Waals surface area contributed by atoms with Crippen LogP contribution in [0.15, 0.2) is 12.7 Å². The molecular weight excluding hydrogens is 232 g/mol. The second-order valence-corrected chi connectivity index (χ2v) is 4.20. The molecule has 100 valence electrons. The number of aryl methyl sites for hydroxylation is 1. The number of ether oxygens (including phenoxy) is 1. The average molecular weight is 252 g/mol. The van der Waals surface area contributed by atoms with Gasteiger partial charge in [-0.15, -0.1) is 0 Å². The summed E-state index contributed by atoms with van der Waals surface area (Å²) < 4.78 is 4.98. The molecule has 0 aliphatic heterocycles. The number of imidazole rings is 1. The van der Waals surface area contributed by atoms with E-state index < -0.39 is 12.1 Å². The Morgan fingerprint density at radius 1 is 1.67 bits per heavy atom. The van der Waals surface area contributed by atoms with Gasteiger partial charge >= 0.3 is 5.97 Å². The number of esters is 1. The van der Waals surface area contributed by atoms with E-state index in [1.54, 1.807) is 6.92 Å². The predicted octanol–water partition coefficient (Wildman–Crippen LogP) is 1.63. The van der Waals surface area contributed by atoms with Crippen molar-refractivity contribution in [1.29, 1.82) is 0 Å². The lowest BCUT2D eigenvalue weighted by Crippen LogP contribution is -2.12. The van der Waals surface area contributed by atoms with E-state index in [-0.39, 0.29) is 6.61 Å². The van der Waals surface area contributed by atoms with Gasteiger partial charge in [-0.2, -0.15) is 0 Å². The highest BCUT2D eigenvalue weighted by Gasteiger charge is 2.19. The number of nitrogens with zero attached hydrogens (tertiary/aromatic N) is 1. The Labute approximate surface area is 107 Å². The first-order chi connectivity index (χ1) is 8.58. The number of aliphatic hydroxyl groups is 1. The largest absolute Gasteiger partial charge is 0.457 e. The van der Waals surface area contributed by atoms with E-state index in [2.05, 4.69) is 16.5 Å². The molecule has 18 heavy (non-hydrogen) atoms. The quantitative estimate of drug-likeness (QED) is 0.571. The lowest BCUT2D eigenvalue weighted by Gasteiger charge is -2.04. The molecule has 1 aromatic heterocycles.